The Morgan fingerprint density at radius 3 is 2.67 bits per heavy atom. The number of rotatable bonds is 3. The van der Waals surface area contributed by atoms with Crippen LogP contribution >= 0.6 is 0 Å². The first-order valence-electron chi connectivity index (χ1n) is 5.54. The Morgan fingerprint density at radius 2 is 2.06 bits per heavy atom. The van der Waals surface area contributed by atoms with Crippen molar-refractivity contribution in [1.29, 1.82) is 0 Å². The fourth-order valence-electron chi connectivity index (χ4n) is 1.91. The van der Waals surface area contributed by atoms with E-state index in [1.807, 2.05) is 0 Å². The summed E-state index contributed by atoms with van der Waals surface area (Å²) in [5, 5.41) is 13.8. The van der Waals surface area contributed by atoms with E-state index in [1.54, 1.807) is 12.1 Å². The Morgan fingerprint density at radius 1 is 1.39 bits per heavy atom. The number of nitrogens with zero attached hydrogens (tertiary/aromatic N) is 2. The quantitative estimate of drug-likeness (QED) is 0.649. The lowest BCUT2D eigenvalue weighted by Crippen LogP contribution is -2.32. The second kappa shape index (κ2) is 4.89. The van der Waals surface area contributed by atoms with Gasteiger partial charge in [0.2, 0.25) is 0 Å². The first-order valence-corrected chi connectivity index (χ1v) is 7.36. The lowest BCUT2D eigenvalue weighted by molar-refractivity contribution is -0.388. The minimum absolute atomic E-state index is 0.0589. The molecule has 1 aliphatic heterocycles. The van der Waals surface area contributed by atoms with Gasteiger partial charge in [0.15, 0.2) is 0 Å². The number of hydrogen-bond donors (Lipinski definition) is 1. The summed E-state index contributed by atoms with van der Waals surface area (Å²) in [6, 6.07) is 3.12. The van der Waals surface area contributed by atoms with Gasteiger partial charge < -0.3 is 15.4 Å². The van der Waals surface area contributed by atoms with Crippen LogP contribution < -0.4 is 5.32 Å². The molecule has 2 rings (SSSR count). The van der Waals surface area contributed by atoms with Gasteiger partial charge >= 0.3 is 5.82 Å². The SMILES string of the molecule is O=[N+]([O-])c1ncccc1NC1CCS(=O)(=O)CC1. The summed E-state index contributed by atoms with van der Waals surface area (Å²) in [7, 11) is -2.92. The van der Waals surface area contributed by atoms with Crippen molar-refractivity contribution < 1.29 is 13.3 Å². The predicted octanol–water partition coefficient (Wildman–Crippen LogP) is 0.979. The monoisotopic (exact) mass is 271 g/mol. The zero-order valence-electron chi connectivity index (χ0n) is 9.57. The van der Waals surface area contributed by atoms with Gasteiger partial charge in [-0.15, -0.1) is 0 Å². The number of hydrogen-bond acceptors (Lipinski definition) is 6. The van der Waals surface area contributed by atoms with E-state index in [0.29, 0.717) is 18.5 Å². The van der Waals surface area contributed by atoms with Gasteiger partial charge in [-0.1, -0.05) is 0 Å². The lowest BCUT2D eigenvalue weighted by Gasteiger charge is -2.23. The molecule has 1 aromatic heterocycles. The van der Waals surface area contributed by atoms with E-state index in [2.05, 4.69) is 10.3 Å². The molecule has 7 nitrogen and oxygen atoms in total. The van der Waals surface area contributed by atoms with E-state index in [9.17, 15) is 18.5 Å². The maximum atomic E-state index is 11.3. The second-order valence-corrected chi connectivity index (χ2v) is 6.51. The zero-order valence-corrected chi connectivity index (χ0v) is 10.4. The van der Waals surface area contributed by atoms with Crippen molar-refractivity contribution in [1.82, 2.24) is 4.98 Å². The first-order chi connectivity index (χ1) is 8.48. The summed E-state index contributed by atoms with van der Waals surface area (Å²) in [6.07, 6.45) is 2.29. The average molecular weight is 271 g/mol. The van der Waals surface area contributed by atoms with Crippen molar-refractivity contribution in [2.24, 2.45) is 0 Å². The maximum Gasteiger partial charge on any atom is 0.386 e. The van der Waals surface area contributed by atoms with Gasteiger partial charge in [-0.3, -0.25) is 0 Å². The van der Waals surface area contributed by atoms with Crippen LogP contribution in [-0.2, 0) is 9.84 Å². The van der Waals surface area contributed by atoms with Crippen molar-refractivity contribution >= 4 is 21.3 Å². The molecule has 1 N–H and O–H groups in total. The van der Waals surface area contributed by atoms with E-state index >= 15 is 0 Å². The largest absolute Gasteiger partial charge is 0.386 e. The summed E-state index contributed by atoms with van der Waals surface area (Å²) < 4.78 is 22.6. The van der Waals surface area contributed by atoms with Crippen molar-refractivity contribution in [2.75, 3.05) is 16.8 Å². The van der Waals surface area contributed by atoms with Crippen LogP contribution in [0.1, 0.15) is 12.8 Å². The number of nitro groups is 1. The molecule has 18 heavy (non-hydrogen) atoms. The number of sulfone groups is 1. The van der Waals surface area contributed by atoms with Crippen LogP contribution in [0.2, 0.25) is 0 Å². The third kappa shape index (κ3) is 2.95. The topological polar surface area (TPSA) is 102 Å². The number of pyridine rings is 1. The van der Waals surface area contributed by atoms with E-state index < -0.39 is 14.8 Å². The van der Waals surface area contributed by atoms with Crippen LogP contribution in [0.3, 0.4) is 0 Å². The van der Waals surface area contributed by atoms with E-state index in [1.165, 1.54) is 6.20 Å². The first kappa shape index (κ1) is 12.7. The standard InChI is InChI=1S/C10H13N3O4S/c14-13(15)10-9(2-1-5-11-10)12-8-3-6-18(16,17)7-4-8/h1-2,5,8,12H,3-4,6-7H2. The molecular weight excluding hydrogens is 258 g/mol. The molecule has 0 amide bonds. The van der Waals surface area contributed by atoms with Gasteiger partial charge in [0.05, 0.1) is 11.5 Å². The highest BCUT2D eigenvalue weighted by molar-refractivity contribution is 7.91. The molecule has 1 aromatic rings. The third-order valence-electron chi connectivity index (χ3n) is 2.87. The normalized spacial score (nSPS) is 19.3. The van der Waals surface area contributed by atoms with Crippen molar-refractivity contribution in [3.8, 4) is 0 Å². The summed E-state index contributed by atoms with van der Waals surface area (Å²) in [6.45, 7) is 0. The highest BCUT2D eigenvalue weighted by Gasteiger charge is 2.25. The van der Waals surface area contributed by atoms with Crippen molar-refractivity contribution in [2.45, 2.75) is 18.9 Å². The summed E-state index contributed by atoms with van der Waals surface area (Å²) in [4.78, 5) is 13.9. The fourth-order valence-corrected chi connectivity index (χ4v) is 3.40. The van der Waals surface area contributed by atoms with Crippen LogP contribution in [0.15, 0.2) is 18.3 Å². The molecule has 0 radical (unpaired) electrons. The third-order valence-corrected chi connectivity index (χ3v) is 4.59. The van der Waals surface area contributed by atoms with Gasteiger partial charge in [0.1, 0.15) is 21.7 Å². The van der Waals surface area contributed by atoms with Gasteiger partial charge in [0, 0.05) is 6.04 Å². The molecular formula is C10H13N3O4S. The highest BCUT2D eigenvalue weighted by Crippen LogP contribution is 2.24. The zero-order chi connectivity index (χ0) is 13.2. The molecule has 0 atom stereocenters. The molecule has 0 aliphatic carbocycles. The van der Waals surface area contributed by atoms with Crippen molar-refractivity contribution in [3.05, 3.63) is 28.4 Å². The van der Waals surface area contributed by atoms with E-state index in [-0.39, 0.29) is 23.4 Å². The Hall–Kier alpha value is -1.70. The molecule has 1 fully saturated rings. The molecule has 8 heteroatoms. The number of aromatic nitrogens is 1. The minimum atomic E-state index is -2.92. The van der Waals surface area contributed by atoms with E-state index in [0.717, 1.165) is 0 Å². The Balaban J connectivity index is 2.09. The van der Waals surface area contributed by atoms with Crippen LogP contribution in [-0.4, -0.2) is 35.9 Å². The van der Waals surface area contributed by atoms with Crippen molar-refractivity contribution in [3.63, 3.8) is 0 Å². The Kier molecular flexibility index (Phi) is 3.46. The van der Waals surface area contributed by atoms with Crippen LogP contribution in [0.25, 0.3) is 0 Å². The minimum Gasteiger partial charge on any atom is -0.375 e. The second-order valence-electron chi connectivity index (χ2n) is 4.20. The molecule has 1 saturated heterocycles. The van der Waals surface area contributed by atoms with Crippen LogP contribution in [0.5, 0.6) is 0 Å². The molecule has 0 spiro atoms. The molecule has 0 aromatic carbocycles. The van der Waals surface area contributed by atoms with E-state index in [4.69, 9.17) is 0 Å². The van der Waals surface area contributed by atoms with Gasteiger partial charge in [-0.25, -0.2) is 8.42 Å². The van der Waals surface area contributed by atoms with Crippen LogP contribution in [0.4, 0.5) is 11.5 Å². The molecule has 2 heterocycles. The molecule has 1 aliphatic rings. The molecule has 0 unspecified atom stereocenters. The molecule has 0 saturated carbocycles. The van der Waals surface area contributed by atoms with Gasteiger partial charge in [-0.05, 0) is 34.9 Å². The Labute approximate surface area is 104 Å². The maximum absolute atomic E-state index is 11.3. The number of anilines is 1. The summed E-state index contributed by atoms with van der Waals surface area (Å²) in [5.74, 6) is 0.0169. The smallest absolute Gasteiger partial charge is 0.375 e. The van der Waals surface area contributed by atoms with Gasteiger partial charge in [-0.2, -0.15) is 0 Å². The predicted molar refractivity (Wildman–Crippen MR) is 66.2 cm³/mol. The molecule has 0 bridgehead atoms. The fraction of sp³-hybridized carbons (Fsp3) is 0.500. The lowest BCUT2D eigenvalue weighted by atomic mass is 10.1. The average Bonchev–Trinajstić information content (AvgIpc) is 2.32. The summed E-state index contributed by atoms with van der Waals surface area (Å²) in [5.41, 5.74) is 0.340. The highest BCUT2D eigenvalue weighted by atomic mass is 32.2. The number of nitrogens with one attached hydrogen (secondary N) is 1. The molecule has 98 valence electrons. The Bertz CT molecular complexity index is 544. The van der Waals surface area contributed by atoms with Crippen LogP contribution in [0, 0.1) is 10.1 Å². The van der Waals surface area contributed by atoms with Gasteiger partial charge in [0.25, 0.3) is 0 Å². The summed E-state index contributed by atoms with van der Waals surface area (Å²) >= 11 is 0.